The highest BCUT2D eigenvalue weighted by Gasteiger charge is 2.12. The second-order valence-electron chi connectivity index (χ2n) is 6.27. The Morgan fingerprint density at radius 1 is 0.897 bits per heavy atom. The van der Waals surface area contributed by atoms with Crippen molar-refractivity contribution in [3.63, 3.8) is 0 Å². The molecule has 0 aliphatic heterocycles. The van der Waals surface area contributed by atoms with Crippen LogP contribution < -0.4 is 15.4 Å². The Morgan fingerprint density at radius 2 is 1.62 bits per heavy atom. The molecule has 0 saturated heterocycles. The maximum absolute atomic E-state index is 12.2. The lowest BCUT2D eigenvalue weighted by Crippen LogP contribution is -2.33. The molecule has 0 atom stereocenters. The van der Waals surface area contributed by atoms with Crippen molar-refractivity contribution in [2.75, 3.05) is 11.9 Å². The first-order valence-electron chi connectivity index (χ1n) is 9.03. The molecule has 4 aromatic rings. The molecule has 0 radical (unpaired) electrons. The normalized spacial score (nSPS) is 10.5. The van der Waals surface area contributed by atoms with E-state index < -0.39 is 5.91 Å². The van der Waals surface area contributed by atoms with E-state index in [9.17, 15) is 9.59 Å². The fourth-order valence-corrected chi connectivity index (χ4v) is 2.74. The van der Waals surface area contributed by atoms with Crippen LogP contribution in [-0.2, 0) is 4.79 Å². The Bertz CT molecular complexity index is 1100. The molecule has 144 valence electrons. The molecule has 2 aromatic heterocycles. The first-order chi connectivity index (χ1) is 14.2. The van der Waals surface area contributed by atoms with Gasteiger partial charge in [0.1, 0.15) is 11.5 Å². The van der Waals surface area contributed by atoms with Crippen LogP contribution in [0.2, 0.25) is 0 Å². The Balaban J connectivity index is 1.29. The molecule has 0 fully saturated rings. The van der Waals surface area contributed by atoms with Crippen molar-refractivity contribution in [1.29, 1.82) is 0 Å². The Morgan fingerprint density at radius 3 is 2.38 bits per heavy atom. The summed E-state index contributed by atoms with van der Waals surface area (Å²) in [6, 6.07) is 23.6. The smallest absolute Gasteiger partial charge is 0.272 e. The summed E-state index contributed by atoms with van der Waals surface area (Å²) in [5.41, 5.74) is 1.67. The van der Waals surface area contributed by atoms with Crippen molar-refractivity contribution in [2.24, 2.45) is 0 Å². The molecule has 2 aromatic carbocycles. The lowest BCUT2D eigenvalue weighted by molar-refractivity contribution is -0.115. The quantitative estimate of drug-likeness (QED) is 0.531. The number of ether oxygens (including phenoxy) is 1. The number of rotatable bonds is 6. The third-order valence-corrected chi connectivity index (χ3v) is 4.13. The van der Waals surface area contributed by atoms with Gasteiger partial charge in [0.05, 0.1) is 12.1 Å². The standard InChI is InChI=1S/C22H18N4O3/c27-21(15-23-22(28)20-14-17-6-4-5-13-26(17)25-20)24-16-9-11-19(12-10-16)29-18-7-2-1-3-8-18/h1-14H,15H2,(H,23,28)(H,24,27). The fraction of sp³-hybridized carbons (Fsp3) is 0.0455. The van der Waals surface area contributed by atoms with Crippen molar-refractivity contribution in [1.82, 2.24) is 14.9 Å². The summed E-state index contributed by atoms with van der Waals surface area (Å²) >= 11 is 0. The topological polar surface area (TPSA) is 84.7 Å². The highest BCUT2D eigenvalue weighted by Crippen LogP contribution is 2.22. The third kappa shape index (κ3) is 4.59. The van der Waals surface area contributed by atoms with Crippen LogP contribution in [0, 0.1) is 0 Å². The Kier molecular flexibility index (Phi) is 5.20. The lowest BCUT2D eigenvalue weighted by atomic mass is 10.3. The number of hydrogen-bond donors (Lipinski definition) is 2. The van der Waals surface area contributed by atoms with Crippen molar-refractivity contribution >= 4 is 23.0 Å². The minimum Gasteiger partial charge on any atom is -0.457 e. The maximum Gasteiger partial charge on any atom is 0.272 e. The number of nitrogens with one attached hydrogen (secondary N) is 2. The van der Waals surface area contributed by atoms with Gasteiger partial charge in [-0.1, -0.05) is 24.3 Å². The van der Waals surface area contributed by atoms with Crippen LogP contribution in [0.5, 0.6) is 11.5 Å². The van der Waals surface area contributed by atoms with Crippen molar-refractivity contribution in [3.05, 3.63) is 90.8 Å². The average Bonchev–Trinajstić information content (AvgIpc) is 3.19. The van der Waals surface area contributed by atoms with Gasteiger partial charge in [0, 0.05) is 11.9 Å². The zero-order chi connectivity index (χ0) is 20.1. The fourth-order valence-electron chi connectivity index (χ4n) is 2.74. The molecule has 29 heavy (non-hydrogen) atoms. The second-order valence-corrected chi connectivity index (χ2v) is 6.27. The van der Waals surface area contributed by atoms with Crippen LogP contribution >= 0.6 is 0 Å². The Labute approximate surface area is 166 Å². The number of nitrogens with zero attached hydrogens (tertiary/aromatic N) is 2. The van der Waals surface area contributed by atoms with Crippen molar-refractivity contribution in [3.8, 4) is 11.5 Å². The molecule has 7 heteroatoms. The molecule has 0 unspecified atom stereocenters. The molecule has 2 N–H and O–H groups in total. The molecule has 0 bridgehead atoms. The first-order valence-corrected chi connectivity index (χ1v) is 9.03. The highest BCUT2D eigenvalue weighted by molar-refractivity contribution is 5.98. The Hall–Kier alpha value is -4.13. The molecule has 4 rings (SSSR count). The number of pyridine rings is 1. The van der Waals surface area contributed by atoms with Gasteiger partial charge in [-0.05, 0) is 54.6 Å². The number of para-hydroxylation sites is 1. The number of hydrogen-bond acceptors (Lipinski definition) is 4. The number of aromatic nitrogens is 2. The first kappa shape index (κ1) is 18.2. The molecular weight excluding hydrogens is 368 g/mol. The second kappa shape index (κ2) is 8.26. The summed E-state index contributed by atoms with van der Waals surface area (Å²) in [4.78, 5) is 24.3. The average molecular weight is 386 g/mol. The van der Waals surface area contributed by atoms with Gasteiger partial charge in [-0.2, -0.15) is 5.10 Å². The molecule has 7 nitrogen and oxygen atoms in total. The summed E-state index contributed by atoms with van der Waals surface area (Å²) < 4.78 is 7.32. The molecule has 2 heterocycles. The van der Waals surface area contributed by atoms with Gasteiger partial charge in [-0.3, -0.25) is 9.59 Å². The van der Waals surface area contributed by atoms with E-state index in [0.29, 0.717) is 11.4 Å². The van der Waals surface area contributed by atoms with Gasteiger partial charge in [0.25, 0.3) is 5.91 Å². The van der Waals surface area contributed by atoms with Gasteiger partial charge < -0.3 is 15.4 Å². The summed E-state index contributed by atoms with van der Waals surface area (Å²) in [6.45, 7) is -0.158. The third-order valence-electron chi connectivity index (χ3n) is 4.13. The van der Waals surface area contributed by atoms with Crippen LogP contribution in [-0.4, -0.2) is 28.0 Å². The van der Waals surface area contributed by atoms with Crippen molar-refractivity contribution in [2.45, 2.75) is 0 Å². The SMILES string of the molecule is O=C(CNC(=O)c1cc2ccccn2n1)Nc1ccc(Oc2ccccc2)cc1. The molecule has 2 amide bonds. The number of amides is 2. The lowest BCUT2D eigenvalue weighted by Gasteiger charge is -2.08. The van der Waals surface area contributed by atoms with E-state index in [0.717, 1.165) is 11.3 Å². The predicted octanol–water partition coefficient (Wildman–Crippen LogP) is 3.50. The minimum absolute atomic E-state index is 0.158. The molecule has 0 aliphatic rings. The summed E-state index contributed by atoms with van der Waals surface area (Å²) in [6.07, 6.45) is 1.75. The van der Waals surface area contributed by atoms with Gasteiger partial charge in [0.2, 0.25) is 5.91 Å². The summed E-state index contributed by atoms with van der Waals surface area (Å²) in [5, 5.41) is 9.48. The number of carbonyl (C=O) groups excluding carboxylic acids is 2. The predicted molar refractivity (Wildman–Crippen MR) is 109 cm³/mol. The van der Waals surface area contributed by atoms with Gasteiger partial charge in [0.15, 0.2) is 5.69 Å². The molecule has 0 aliphatic carbocycles. The van der Waals surface area contributed by atoms with Crippen molar-refractivity contribution < 1.29 is 14.3 Å². The van der Waals surface area contributed by atoms with E-state index in [1.54, 1.807) is 41.0 Å². The van der Waals surface area contributed by atoms with Crippen LogP contribution in [0.3, 0.4) is 0 Å². The van der Waals surface area contributed by atoms with Crippen LogP contribution in [0.15, 0.2) is 85.1 Å². The van der Waals surface area contributed by atoms with E-state index in [4.69, 9.17) is 4.74 Å². The van der Waals surface area contributed by atoms with E-state index in [2.05, 4.69) is 15.7 Å². The minimum atomic E-state index is -0.407. The zero-order valence-corrected chi connectivity index (χ0v) is 15.4. The monoisotopic (exact) mass is 386 g/mol. The van der Waals surface area contributed by atoms with E-state index in [-0.39, 0.29) is 18.1 Å². The number of carbonyl (C=O) groups is 2. The van der Waals surface area contributed by atoms with Crippen LogP contribution in [0.4, 0.5) is 5.69 Å². The van der Waals surface area contributed by atoms with Gasteiger partial charge in [-0.25, -0.2) is 4.52 Å². The van der Waals surface area contributed by atoms with Gasteiger partial charge in [-0.15, -0.1) is 0 Å². The zero-order valence-electron chi connectivity index (χ0n) is 15.4. The summed E-state index contributed by atoms with van der Waals surface area (Å²) in [7, 11) is 0. The van der Waals surface area contributed by atoms with Gasteiger partial charge >= 0.3 is 0 Å². The largest absolute Gasteiger partial charge is 0.457 e. The highest BCUT2D eigenvalue weighted by atomic mass is 16.5. The molecular formula is C22H18N4O3. The number of benzene rings is 2. The summed E-state index contributed by atoms with van der Waals surface area (Å²) in [5.74, 6) is 0.655. The van der Waals surface area contributed by atoms with Crippen LogP contribution in [0.1, 0.15) is 10.5 Å². The maximum atomic E-state index is 12.2. The van der Waals surface area contributed by atoms with E-state index >= 15 is 0 Å². The van der Waals surface area contributed by atoms with E-state index in [1.165, 1.54) is 0 Å². The van der Waals surface area contributed by atoms with E-state index in [1.807, 2.05) is 48.5 Å². The van der Waals surface area contributed by atoms with Crippen LogP contribution in [0.25, 0.3) is 5.52 Å². The number of fused-ring (bicyclic) bond motifs is 1. The molecule has 0 spiro atoms. The molecule has 0 saturated carbocycles. The number of anilines is 1.